The van der Waals surface area contributed by atoms with E-state index >= 15 is 0 Å². The minimum Gasteiger partial charge on any atom is -0.359 e. The zero-order valence-electron chi connectivity index (χ0n) is 12.9. The minimum absolute atomic E-state index is 0.618. The molecule has 19 heavy (non-hydrogen) atoms. The van der Waals surface area contributed by atoms with Crippen molar-refractivity contribution in [2.75, 3.05) is 32.7 Å². The van der Waals surface area contributed by atoms with Crippen LogP contribution in [0.5, 0.6) is 0 Å². The van der Waals surface area contributed by atoms with Crippen molar-refractivity contribution in [1.29, 1.82) is 0 Å². The predicted octanol–water partition coefficient (Wildman–Crippen LogP) is 3.16. The number of piperidine rings is 1. The van der Waals surface area contributed by atoms with Crippen molar-refractivity contribution in [3.63, 3.8) is 0 Å². The number of nitrogens with zero attached hydrogens (tertiary/aromatic N) is 3. The van der Waals surface area contributed by atoms with Gasteiger partial charge in [-0.25, -0.2) is 0 Å². The molecule has 0 amide bonds. The summed E-state index contributed by atoms with van der Waals surface area (Å²) in [6.07, 6.45) is 9.17. The van der Waals surface area contributed by atoms with E-state index in [9.17, 15) is 0 Å². The van der Waals surface area contributed by atoms with Crippen LogP contribution in [-0.2, 0) is 0 Å². The molecule has 2 heterocycles. The Morgan fingerprint density at radius 1 is 1.11 bits per heavy atom. The lowest BCUT2D eigenvalue weighted by Crippen LogP contribution is -2.54. The maximum absolute atomic E-state index is 4.87. The smallest absolute Gasteiger partial charge is 0.116 e. The van der Waals surface area contributed by atoms with E-state index in [-0.39, 0.29) is 0 Å². The van der Waals surface area contributed by atoms with Crippen LogP contribution in [0.15, 0.2) is 4.99 Å². The van der Waals surface area contributed by atoms with Gasteiger partial charge in [-0.2, -0.15) is 0 Å². The average Bonchev–Trinajstić information content (AvgIpc) is 2.47. The number of hydrogen-bond donors (Lipinski definition) is 0. The standard InChI is InChI=1S/C16H31N3/c1-3-5-11-18(12-6-4-2)15-9-7-13-19-14-8-10-17-16(15)19/h15H,3-14H2,1-2H3. The van der Waals surface area contributed by atoms with Crippen molar-refractivity contribution < 1.29 is 0 Å². The van der Waals surface area contributed by atoms with Gasteiger partial charge in [0.2, 0.25) is 0 Å². The third-order valence-electron chi connectivity index (χ3n) is 4.43. The van der Waals surface area contributed by atoms with E-state index in [2.05, 4.69) is 23.6 Å². The molecule has 0 aliphatic carbocycles. The second-order valence-corrected chi connectivity index (χ2v) is 5.98. The topological polar surface area (TPSA) is 18.8 Å². The van der Waals surface area contributed by atoms with Crippen molar-refractivity contribution in [2.24, 2.45) is 4.99 Å². The lowest BCUT2D eigenvalue weighted by atomic mass is 10.00. The number of amidine groups is 1. The van der Waals surface area contributed by atoms with E-state index in [4.69, 9.17) is 4.99 Å². The molecule has 0 aromatic rings. The first-order valence-corrected chi connectivity index (χ1v) is 8.40. The normalized spacial score (nSPS) is 23.4. The van der Waals surface area contributed by atoms with Gasteiger partial charge in [-0.15, -0.1) is 0 Å². The summed E-state index contributed by atoms with van der Waals surface area (Å²) in [5.41, 5.74) is 0. The summed E-state index contributed by atoms with van der Waals surface area (Å²) >= 11 is 0. The van der Waals surface area contributed by atoms with Crippen LogP contribution in [0.3, 0.4) is 0 Å². The summed E-state index contributed by atoms with van der Waals surface area (Å²) in [5, 5.41) is 0. The van der Waals surface area contributed by atoms with Gasteiger partial charge < -0.3 is 4.90 Å². The number of fused-ring (bicyclic) bond motifs is 1. The van der Waals surface area contributed by atoms with Gasteiger partial charge >= 0.3 is 0 Å². The number of rotatable bonds is 7. The fourth-order valence-corrected chi connectivity index (χ4v) is 3.31. The molecular formula is C16H31N3. The molecule has 1 unspecified atom stereocenters. The second kappa shape index (κ2) is 7.88. The Balaban J connectivity index is 2.02. The Hall–Kier alpha value is -0.570. The van der Waals surface area contributed by atoms with Crippen molar-refractivity contribution >= 4 is 5.84 Å². The van der Waals surface area contributed by atoms with Gasteiger partial charge in [0.05, 0.1) is 6.04 Å². The lowest BCUT2D eigenvalue weighted by molar-refractivity contribution is 0.183. The molecule has 0 spiro atoms. The molecule has 1 atom stereocenters. The molecule has 0 bridgehead atoms. The summed E-state index contributed by atoms with van der Waals surface area (Å²) in [6.45, 7) is 10.6. The summed E-state index contributed by atoms with van der Waals surface area (Å²) in [4.78, 5) is 10.2. The van der Waals surface area contributed by atoms with E-state index in [0.29, 0.717) is 6.04 Å². The monoisotopic (exact) mass is 265 g/mol. The van der Waals surface area contributed by atoms with Crippen molar-refractivity contribution in [3.05, 3.63) is 0 Å². The third-order valence-corrected chi connectivity index (χ3v) is 4.43. The molecule has 2 aliphatic heterocycles. The molecule has 0 aromatic heterocycles. The molecule has 1 fully saturated rings. The number of hydrogen-bond acceptors (Lipinski definition) is 3. The van der Waals surface area contributed by atoms with Gasteiger partial charge in [-0.05, 0) is 45.2 Å². The van der Waals surface area contributed by atoms with E-state index in [1.54, 1.807) is 0 Å². The van der Waals surface area contributed by atoms with Crippen LogP contribution >= 0.6 is 0 Å². The summed E-state index contributed by atoms with van der Waals surface area (Å²) < 4.78 is 0. The van der Waals surface area contributed by atoms with Gasteiger partial charge in [-0.3, -0.25) is 9.89 Å². The summed E-state index contributed by atoms with van der Waals surface area (Å²) in [6, 6.07) is 0.618. The molecule has 0 saturated carbocycles. The maximum atomic E-state index is 4.87. The Bertz CT molecular complexity index is 280. The molecule has 0 aromatic carbocycles. The van der Waals surface area contributed by atoms with E-state index in [0.717, 1.165) is 6.54 Å². The fourth-order valence-electron chi connectivity index (χ4n) is 3.31. The van der Waals surface area contributed by atoms with Crippen LogP contribution in [0.2, 0.25) is 0 Å². The molecular weight excluding hydrogens is 234 g/mol. The average molecular weight is 265 g/mol. The fraction of sp³-hybridized carbons (Fsp3) is 0.938. The first kappa shape index (κ1) is 14.8. The largest absolute Gasteiger partial charge is 0.359 e. The van der Waals surface area contributed by atoms with Crippen molar-refractivity contribution in [1.82, 2.24) is 9.80 Å². The Labute approximate surface area is 119 Å². The molecule has 2 aliphatic rings. The predicted molar refractivity (Wildman–Crippen MR) is 82.9 cm³/mol. The highest BCUT2D eigenvalue weighted by molar-refractivity contribution is 5.88. The minimum atomic E-state index is 0.618. The summed E-state index contributed by atoms with van der Waals surface area (Å²) in [7, 11) is 0. The SMILES string of the molecule is CCCCN(CCCC)C1CCCN2CCCN=C12. The highest BCUT2D eigenvalue weighted by atomic mass is 15.3. The van der Waals surface area contributed by atoms with Crippen LogP contribution < -0.4 is 0 Å². The van der Waals surface area contributed by atoms with E-state index < -0.39 is 0 Å². The molecule has 0 N–H and O–H groups in total. The van der Waals surface area contributed by atoms with Crippen LogP contribution in [-0.4, -0.2) is 54.4 Å². The first-order chi connectivity index (χ1) is 9.36. The van der Waals surface area contributed by atoms with Gasteiger partial charge in [-0.1, -0.05) is 26.7 Å². The van der Waals surface area contributed by atoms with Gasteiger partial charge in [0.25, 0.3) is 0 Å². The molecule has 3 nitrogen and oxygen atoms in total. The molecule has 0 radical (unpaired) electrons. The molecule has 1 saturated heterocycles. The van der Waals surface area contributed by atoms with E-state index in [1.165, 1.54) is 77.0 Å². The van der Waals surface area contributed by atoms with Gasteiger partial charge in [0, 0.05) is 19.6 Å². The van der Waals surface area contributed by atoms with Crippen LogP contribution in [0.4, 0.5) is 0 Å². The molecule has 110 valence electrons. The van der Waals surface area contributed by atoms with Crippen LogP contribution in [0, 0.1) is 0 Å². The van der Waals surface area contributed by atoms with Gasteiger partial charge in [0.15, 0.2) is 0 Å². The van der Waals surface area contributed by atoms with Crippen molar-refractivity contribution in [2.45, 2.75) is 64.8 Å². The zero-order valence-corrected chi connectivity index (χ0v) is 12.9. The first-order valence-electron chi connectivity index (χ1n) is 8.40. The lowest BCUT2D eigenvalue weighted by Gasteiger charge is -2.43. The zero-order chi connectivity index (χ0) is 13.5. The number of aliphatic imine (C=N–C) groups is 1. The van der Waals surface area contributed by atoms with E-state index in [1.807, 2.05) is 0 Å². The highest BCUT2D eigenvalue weighted by Gasteiger charge is 2.31. The third kappa shape index (κ3) is 3.95. The van der Waals surface area contributed by atoms with Crippen LogP contribution in [0.1, 0.15) is 58.8 Å². The summed E-state index contributed by atoms with van der Waals surface area (Å²) in [5.74, 6) is 1.42. The van der Waals surface area contributed by atoms with Crippen LogP contribution in [0.25, 0.3) is 0 Å². The Morgan fingerprint density at radius 3 is 2.47 bits per heavy atom. The molecule has 3 heteroatoms. The van der Waals surface area contributed by atoms with Gasteiger partial charge in [0.1, 0.15) is 5.84 Å². The highest BCUT2D eigenvalue weighted by Crippen LogP contribution is 2.22. The Kier molecular flexibility index (Phi) is 6.15. The second-order valence-electron chi connectivity index (χ2n) is 5.98. The van der Waals surface area contributed by atoms with Crippen molar-refractivity contribution in [3.8, 4) is 0 Å². The number of unbranched alkanes of at least 4 members (excludes halogenated alkanes) is 2. The maximum Gasteiger partial charge on any atom is 0.116 e. The molecule has 2 rings (SSSR count). The Morgan fingerprint density at radius 2 is 1.79 bits per heavy atom. The quantitative estimate of drug-likeness (QED) is 0.704.